The molecule has 2 rings (SSSR count). The Morgan fingerprint density at radius 2 is 2.05 bits per heavy atom. The smallest absolute Gasteiger partial charge is 0.318 e. The van der Waals surface area contributed by atoms with Gasteiger partial charge in [-0.25, -0.2) is 22.0 Å². The van der Waals surface area contributed by atoms with Gasteiger partial charge in [0.15, 0.2) is 21.5 Å². The quantitative estimate of drug-likeness (QED) is 0.899. The van der Waals surface area contributed by atoms with Crippen LogP contribution in [0, 0.1) is 11.6 Å². The van der Waals surface area contributed by atoms with E-state index in [2.05, 4.69) is 5.32 Å². The van der Waals surface area contributed by atoms with Gasteiger partial charge in [0.05, 0.1) is 17.5 Å². The summed E-state index contributed by atoms with van der Waals surface area (Å²) in [5, 5.41) is 2.67. The van der Waals surface area contributed by atoms with Crippen molar-refractivity contribution in [2.24, 2.45) is 0 Å². The molecule has 0 aliphatic carbocycles. The summed E-state index contributed by atoms with van der Waals surface area (Å²) >= 11 is 0. The molecule has 1 N–H and O–H groups in total. The predicted molar refractivity (Wildman–Crippen MR) is 78.1 cm³/mol. The van der Waals surface area contributed by atoms with E-state index in [0.717, 1.165) is 12.1 Å². The van der Waals surface area contributed by atoms with Gasteiger partial charge in [-0.05, 0) is 31.5 Å². The minimum atomic E-state index is -3.10. The Balaban J connectivity index is 2.03. The van der Waals surface area contributed by atoms with Crippen molar-refractivity contribution in [3.8, 4) is 0 Å². The highest BCUT2D eigenvalue weighted by molar-refractivity contribution is 7.91. The van der Waals surface area contributed by atoms with Crippen LogP contribution in [0.15, 0.2) is 18.2 Å². The minimum absolute atomic E-state index is 0.0652. The molecule has 5 nitrogen and oxygen atoms in total. The zero-order valence-electron chi connectivity index (χ0n) is 12.3. The average molecular weight is 332 g/mol. The van der Waals surface area contributed by atoms with Gasteiger partial charge >= 0.3 is 6.03 Å². The maximum atomic E-state index is 13.2. The van der Waals surface area contributed by atoms with E-state index in [4.69, 9.17) is 0 Å². The van der Waals surface area contributed by atoms with Crippen LogP contribution in [0.5, 0.6) is 0 Å². The third-order valence-electron chi connectivity index (χ3n) is 3.71. The first-order chi connectivity index (χ1) is 10.2. The number of rotatable bonds is 2. The lowest BCUT2D eigenvalue weighted by Gasteiger charge is -2.34. The van der Waals surface area contributed by atoms with Crippen molar-refractivity contribution in [2.75, 3.05) is 18.1 Å². The van der Waals surface area contributed by atoms with E-state index in [9.17, 15) is 22.0 Å². The van der Waals surface area contributed by atoms with E-state index in [1.54, 1.807) is 13.8 Å². The lowest BCUT2D eigenvalue weighted by Crippen LogP contribution is -2.53. The molecule has 0 unspecified atom stereocenters. The van der Waals surface area contributed by atoms with E-state index >= 15 is 0 Å². The topological polar surface area (TPSA) is 66.5 Å². The van der Waals surface area contributed by atoms with Crippen LogP contribution in [0.3, 0.4) is 0 Å². The van der Waals surface area contributed by atoms with E-state index in [0.29, 0.717) is 5.56 Å². The van der Waals surface area contributed by atoms with Gasteiger partial charge in [0, 0.05) is 12.6 Å². The van der Waals surface area contributed by atoms with Crippen molar-refractivity contribution < 1.29 is 22.0 Å². The fourth-order valence-corrected chi connectivity index (χ4v) is 3.99. The van der Waals surface area contributed by atoms with Crippen LogP contribution in [0.25, 0.3) is 0 Å². The Bertz CT molecular complexity index is 679. The van der Waals surface area contributed by atoms with Gasteiger partial charge in [0.1, 0.15) is 0 Å². The van der Waals surface area contributed by atoms with Gasteiger partial charge in [-0.1, -0.05) is 6.07 Å². The van der Waals surface area contributed by atoms with E-state index in [1.165, 1.54) is 11.0 Å². The number of urea groups is 1. The van der Waals surface area contributed by atoms with Crippen molar-refractivity contribution in [1.29, 1.82) is 0 Å². The maximum Gasteiger partial charge on any atom is 0.318 e. The monoisotopic (exact) mass is 332 g/mol. The molecule has 0 saturated carbocycles. The molecule has 122 valence electrons. The molecule has 0 radical (unpaired) electrons. The van der Waals surface area contributed by atoms with Crippen molar-refractivity contribution in [3.63, 3.8) is 0 Å². The first-order valence-electron chi connectivity index (χ1n) is 6.92. The van der Waals surface area contributed by atoms with Gasteiger partial charge < -0.3 is 10.2 Å². The second kappa shape index (κ2) is 6.20. The largest absolute Gasteiger partial charge is 0.331 e. The summed E-state index contributed by atoms with van der Waals surface area (Å²) in [6.45, 7) is 3.44. The zero-order chi connectivity index (χ0) is 16.5. The van der Waals surface area contributed by atoms with Crippen molar-refractivity contribution >= 4 is 15.9 Å². The molecule has 1 fully saturated rings. The number of nitrogens with zero attached hydrogens (tertiary/aromatic N) is 1. The van der Waals surface area contributed by atoms with Crippen LogP contribution >= 0.6 is 0 Å². The van der Waals surface area contributed by atoms with Crippen LogP contribution in [0.1, 0.15) is 25.5 Å². The van der Waals surface area contributed by atoms with E-state index < -0.39 is 39.6 Å². The molecule has 0 aromatic heterocycles. The Hall–Kier alpha value is -1.70. The number of hydrogen-bond acceptors (Lipinski definition) is 3. The maximum absolute atomic E-state index is 13.2. The molecule has 2 amide bonds. The molecule has 1 heterocycles. The summed E-state index contributed by atoms with van der Waals surface area (Å²) < 4.78 is 49.1. The summed E-state index contributed by atoms with van der Waals surface area (Å²) in [6, 6.07) is 2.07. The van der Waals surface area contributed by atoms with Crippen molar-refractivity contribution in [3.05, 3.63) is 35.4 Å². The minimum Gasteiger partial charge on any atom is -0.331 e. The fraction of sp³-hybridized carbons (Fsp3) is 0.500. The summed E-state index contributed by atoms with van der Waals surface area (Å²) in [7, 11) is -3.10. The zero-order valence-corrected chi connectivity index (χ0v) is 13.2. The highest BCUT2D eigenvalue weighted by atomic mass is 32.2. The summed E-state index contributed by atoms with van der Waals surface area (Å²) in [5.74, 6) is -2.06. The molecule has 1 aromatic rings. The number of sulfone groups is 1. The second-order valence-electron chi connectivity index (χ2n) is 5.50. The molecule has 0 spiro atoms. The van der Waals surface area contributed by atoms with Gasteiger partial charge in [-0.3, -0.25) is 0 Å². The van der Waals surface area contributed by atoms with Gasteiger partial charge in [0.25, 0.3) is 0 Å². The van der Waals surface area contributed by atoms with E-state index in [1.807, 2.05) is 0 Å². The van der Waals surface area contributed by atoms with Gasteiger partial charge in [0.2, 0.25) is 0 Å². The third-order valence-corrected chi connectivity index (χ3v) is 5.51. The Morgan fingerprint density at radius 3 is 2.64 bits per heavy atom. The molecule has 1 aliphatic rings. The molecule has 2 atom stereocenters. The first kappa shape index (κ1) is 16.7. The molecule has 8 heteroatoms. The molecule has 1 aromatic carbocycles. The second-order valence-corrected chi connectivity index (χ2v) is 7.73. The molecular formula is C14H18F2N2O3S. The van der Waals surface area contributed by atoms with Crippen LogP contribution in [-0.4, -0.2) is 43.4 Å². The van der Waals surface area contributed by atoms with Gasteiger partial charge in [-0.15, -0.1) is 0 Å². The Kier molecular flexibility index (Phi) is 4.69. The number of amides is 2. The van der Waals surface area contributed by atoms with Crippen molar-refractivity contribution in [1.82, 2.24) is 10.2 Å². The van der Waals surface area contributed by atoms with E-state index in [-0.39, 0.29) is 18.1 Å². The Labute approximate surface area is 128 Å². The van der Waals surface area contributed by atoms with Crippen LogP contribution in [-0.2, 0) is 9.84 Å². The molecule has 22 heavy (non-hydrogen) atoms. The standard InChI is InChI=1S/C14H18F2N2O3S/c1-9-8-22(20,21)6-5-18(9)14(19)17-10(2)11-3-4-12(15)13(16)7-11/h3-4,7,9-10H,5-6,8H2,1-2H3,(H,17,19)/t9-,10+/m1/s1. The lowest BCUT2D eigenvalue weighted by atomic mass is 10.1. The third kappa shape index (κ3) is 3.73. The summed E-state index contributed by atoms with van der Waals surface area (Å²) in [5.41, 5.74) is 0.435. The van der Waals surface area contributed by atoms with Crippen LogP contribution in [0.2, 0.25) is 0 Å². The summed E-state index contributed by atoms with van der Waals surface area (Å²) in [6.07, 6.45) is 0. The first-order valence-corrected chi connectivity index (χ1v) is 8.74. The number of carbonyl (C=O) groups is 1. The Morgan fingerprint density at radius 1 is 1.36 bits per heavy atom. The lowest BCUT2D eigenvalue weighted by molar-refractivity contribution is 0.182. The summed E-state index contributed by atoms with van der Waals surface area (Å²) in [4.78, 5) is 13.6. The fourth-order valence-electron chi connectivity index (χ4n) is 2.43. The normalized spacial score (nSPS) is 22.2. The number of halogens is 2. The van der Waals surface area contributed by atoms with Crippen LogP contribution in [0.4, 0.5) is 13.6 Å². The highest BCUT2D eigenvalue weighted by Gasteiger charge is 2.31. The van der Waals surface area contributed by atoms with Gasteiger partial charge in [-0.2, -0.15) is 0 Å². The number of carbonyl (C=O) groups excluding carboxylic acids is 1. The predicted octanol–water partition coefficient (Wildman–Crippen LogP) is 1.85. The van der Waals surface area contributed by atoms with Crippen molar-refractivity contribution in [2.45, 2.75) is 25.9 Å². The highest BCUT2D eigenvalue weighted by Crippen LogP contribution is 2.18. The number of benzene rings is 1. The number of nitrogens with one attached hydrogen (secondary N) is 1. The number of hydrogen-bond donors (Lipinski definition) is 1. The SMILES string of the molecule is C[C@H](NC(=O)N1CCS(=O)(=O)C[C@H]1C)c1ccc(F)c(F)c1. The molecule has 1 aliphatic heterocycles. The molecule has 1 saturated heterocycles. The average Bonchev–Trinajstić information content (AvgIpc) is 2.40. The van der Waals surface area contributed by atoms with Crippen LogP contribution < -0.4 is 5.32 Å². The molecular weight excluding hydrogens is 314 g/mol. The molecule has 0 bridgehead atoms.